The largest absolute Gasteiger partial charge is 0.481 e. The lowest BCUT2D eigenvalue weighted by Crippen LogP contribution is -2.53. The molecule has 0 aliphatic carbocycles. The minimum absolute atomic E-state index is 0.0415. The van der Waals surface area contributed by atoms with Crippen molar-refractivity contribution in [2.45, 2.75) is 166 Å². The van der Waals surface area contributed by atoms with Crippen LogP contribution in [0.2, 0.25) is 0 Å². The van der Waals surface area contributed by atoms with Crippen LogP contribution in [0.3, 0.4) is 0 Å². The Morgan fingerprint density at radius 1 is 0.430 bits per heavy atom. The molecule has 556 valence electrons. The monoisotopic (exact) mass is 1430 g/mol. The number of aryl methyl sites for hydroxylation is 2. The molecule has 0 aromatic heterocycles. The van der Waals surface area contributed by atoms with E-state index < -0.39 is 128 Å². The Bertz CT molecular complexity index is 3000. The quantitative estimate of drug-likeness (QED) is 0.0330. The molecule has 0 bridgehead atoms. The van der Waals surface area contributed by atoms with Gasteiger partial charge in [0, 0.05) is 103 Å². The second-order valence-electron chi connectivity index (χ2n) is 24.7. The second kappa shape index (κ2) is 47.8. The number of nitrogens with one attached hydrogen (secondary N) is 8. The van der Waals surface area contributed by atoms with E-state index in [1.807, 2.05) is 36.5 Å². The number of benzene rings is 2. The molecule has 0 spiro atoms. The van der Waals surface area contributed by atoms with E-state index in [2.05, 4.69) is 37.2 Å². The summed E-state index contributed by atoms with van der Waals surface area (Å²) >= 11 is 5.58. The van der Waals surface area contributed by atoms with E-state index in [-0.39, 0.29) is 115 Å². The molecule has 1 aliphatic heterocycles. The highest BCUT2D eigenvalue weighted by Gasteiger charge is 2.30. The average molecular weight is 1430 g/mol. The van der Waals surface area contributed by atoms with Gasteiger partial charge in [0.25, 0.3) is 0 Å². The lowest BCUT2D eigenvalue weighted by atomic mass is 10.0. The van der Waals surface area contributed by atoms with Gasteiger partial charge < -0.3 is 83.4 Å². The van der Waals surface area contributed by atoms with Crippen molar-refractivity contribution in [1.82, 2.24) is 56.8 Å². The number of hydrogen-bond donors (Lipinski definition) is 16. The first-order valence-electron chi connectivity index (χ1n) is 33.6. The normalized spacial score (nSPS) is 15.3. The molecule has 0 radical (unpaired) electrons. The van der Waals surface area contributed by atoms with Crippen molar-refractivity contribution in [2.75, 3.05) is 96.9 Å². The van der Waals surface area contributed by atoms with Crippen molar-refractivity contribution >= 4 is 100 Å². The smallest absolute Gasteiger partial charge is 0.326 e. The summed E-state index contributed by atoms with van der Waals surface area (Å²) in [6.45, 7) is 2.31. The minimum Gasteiger partial charge on any atom is -0.481 e. The standard InChI is InChI=1S/C66H100N12O21S/c1-44-17-19-45(20-18-44)12-11-16-53(79)67-30-9-7-14-50(62(93)94)72-61(92)49(71-55(81)15-5-3-2-4-8-29-68-54(80)27-25-51(63(95)96)73-65(99)74-52(64(97)98)26-28-56(82)83)13-6-10-31-69-66(100)70-47-23-21-46(22-24-47)38-48-39-77(42-59(88)89)35-34-75(40-57(84)85)32-33-76(41-58(86)87)36-37-78(48)43-60(90)91/h17-24,48-52H,2-16,25-43H2,1H3,(H,67,79)(H,68,80)(H,71,81)(H,72,92)(H,82,83)(H,84,85)(H,86,87)(H,88,89)(H,90,91)(H,93,94)(H,95,96)(H,97,98)(H2,69,70,100)(H2,73,74,99)/t48?,49-,50-,51-,52-/m0/s1. The molecular weight excluding hydrogens is 1330 g/mol. The highest BCUT2D eigenvalue weighted by Crippen LogP contribution is 2.18. The van der Waals surface area contributed by atoms with Gasteiger partial charge in [0.05, 0.1) is 26.2 Å². The van der Waals surface area contributed by atoms with Gasteiger partial charge in [-0.2, -0.15) is 0 Å². The van der Waals surface area contributed by atoms with E-state index in [1.165, 1.54) is 0 Å². The minimum atomic E-state index is -1.59. The Balaban J connectivity index is 1.58. The number of carboxylic acid groups (broad SMARTS) is 8. The molecule has 1 fully saturated rings. The van der Waals surface area contributed by atoms with Crippen molar-refractivity contribution in [3.05, 3.63) is 65.2 Å². The first-order chi connectivity index (χ1) is 47.5. The molecule has 0 saturated carbocycles. The van der Waals surface area contributed by atoms with Gasteiger partial charge in [-0.15, -0.1) is 0 Å². The predicted octanol–water partition coefficient (Wildman–Crippen LogP) is 1.59. The van der Waals surface area contributed by atoms with Crippen LogP contribution in [0.5, 0.6) is 0 Å². The van der Waals surface area contributed by atoms with Gasteiger partial charge in [-0.05, 0) is 126 Å². The van der Waals surface area contributed by atoms with Crippen LogP contribution >= 0.6 is 12.2 Å². The number of carbonyl (C=O) groups excluding carboxylic acids is 5. The first kappa shape index (κ1) is 85.1. The molecule has 1 unspecified atom stereocenters. The fourth-order valence-electron chi connectivity index (χ4n) is 10.9. The van der Waals surface area contributed by atoms with Crippen molar-refractivity contribution in [3.8, 4) is 0 Å². The number of hydrogen-bond acceptors (Lipinski definition) is 18. The summed E-state index contributed by atoms with van der Waals surface area (Å²) in [6, 6.07) is 7.89. The molecule has 3 rings (SSSR count). The van der Waals surface area contributed by atoms with Crippen molar-refractivity contribution < 1.29 is 103 Å². The summed E-state index contributed by atoms with van der Waals surface area (Å²) in [5.74, 6) is -11.8. The molecule has 5 atom stereocenters. The van der Waals surface area contributed by atoms with E-state index in [0.717, 1.165) is 23.1 Å². The summed E-state index contributed by atoms with van der Waals surface area (Å²) in [6.07, 6.45) is 5.12. The number of nitrogens with zero attached hydrogens (tertiary/aromatic N) is 4. The third kappa shape index (κ3) is 38.9. The Hall–Kier alpha value is -9.12. The van der Waals surface area contributed by atoms with Crippen LogP contribution in [-0.2, 0) is 70.4 Å². The number of aliphatic carboxylic acids is 8. The topological polar surface area (TPSA) is 493 Å². The van der Waals surface area contributed by atoms with Crippen molar-refractivity contribution in [2.24, 2.45) is 0 Å². The zero-order valence-electron chi connectivity index (χ0n) is 56.6. The number of carbonyl (C=O) groups is 13. The van der Waals surface area contributed by atoms with Crippen molar-refractivity contribution in [1.29, 1.82) is 0 Å². The van der Waals surface area contributed by atoms with Gasteiger partial charge in [0.1, 0.15) is 24.2 Å². The Kier molecular flexibility index (Phi) is 40.7. The average Bonchev–Trinajstić information content (AvgIpc) is 0.891. The highest BCUT2D eigenvalue weighted by molar-refractivity contribution is 7.80. The van der Waals surface area contributed by atoms with Crippen LogP contribution in [-0.4, -0.2) is 265 Å². The molecule has 16 N–H and O–H groups in total. The van der Waals surface area contributed by atoms with Crippen LogP contribution in [0, 0.1) is 6.92 Å². The molecule has 2 aromatic rings. The van der Waals surface area contributed by atoms with Gasteiger partial charge in [0.15, 0.2) is 5.11 Å². The molecule has 34 heteroatoms. The van der Waals surface area contributed by atoms with E-state index in [4.69, 9.17) is 17.3 Å². The van der Waals surface area contributed by atoms with E-state index in [9.17, 15) is 98.1 Å². The number of carboxylic acids is 8. The molecule has 33 nitrogen and oxygen atoms in total. The van der Waals surface area contributed by atoms with Gasteiger partial charge in [-0.25, -0.2) is 19.2 Å². The summed E-state index contributed by atoms with van der Waals surface area (Å²) in [7, 11) is 0. The van der Waals surface area contributed by atoms with Gasteiger partial charge in [-0.3, -0.25) is 62.8 Å². The molecule has 2 aromatic carbocycles. The fraction of sp³-hybridized carbons (Fsp3) is 0.606. The number of amides is 6. The number of rotatable bonds is 47. The van der Waals surface area contributed by atoms with Crippen LogP contribution in [0.1, 0.15) is 132 Å². The predicted molar refractivity (Wildman–Crippen MR) is 367 cm³/mol. The van der Waals surface area contributed by atoms with Crippen LogP contribution < -0.4 is 42.5 Å². The lowest BCUT2D eigenvalue weighted by Gasteiger charge is -2.37. The second-order valence-corrected chi connectivity index (χ2v) is 25.1. The SMILES string of the molecule is Cc1ccc(CCCC(=O)NCCCC[C@H](NC(=O)[C@H](CCCCNC(=S)Nc2ccc(CC3CN(CC(=O)O)CCN(CC(=O)O)CCN(CC(=O)O)CCN3CC(=O)O)cc2)NC(=O)CCCCCCCNC(=O)CC[C@H](NC(=O)N[C@@H](CCC(=O)O)C(=O)O)C(=O)O)C(=O)O)cc1. The molecule has 1 heterocycles. The van der Waals surface area contributed by atoms with Crippen LogP contribution in [0.15, 0.2) is 48.5 Å². The third-order valence-electron chi connectivity index (χ3n) is 16.4. The van der Waals surface area contributed by atoms with E-state index in [1.54, 1.807) is 43.9 Å². The maximum atomic E-state index is 13.9. The summed E-state index contributed by atoms with van der Waals surface area (Å²) in [4.78, 5) is 165. The Morgan fingerprint density at radius 3 is 1.43 bits per heavy atom. The summed E-state index contributed by atoms with van der Waals surface area (Å²) < 4.78 is 0. The maximum absolute atomic E-state index is 13.9. The fourth-order valence-corrected chi connectivity index (χ4v) is 11.2. The zero-order valence-corrected chi connectivity index (χ0v) is 57.4. The van der Waals surface area contributed by atoms with Gasteiger partial charge in [0.2, 0.25) is 23.6 Å². The highest BCUT2D eigenvalue weighted by atomic mass is 32.1. The molecule has 1 saturated heterocycles. The summed E-state index contributed by atoms with van der Waals surface area (Å²) in [5.41, 5.74) is 3.62. The number of anilines is 1. The number of thiocarbonyl (C=S) groups is 1. The Labute approximate surface area is 585 Å². The molecule has 1 aliphatic rings. The number of urea groups is 1. The first-order valence-corrected chi connectivity index (χ1v) is 34.0. The van der Waals surface area contributed by atoms with E-state index >= 15 is 0 Å². The molecule has 6 amide bonds. The lowest BCUT2D eigenvalue weighted by molar-refractivity contribution is -0.142. The zero-order chi connectivity index (χ0) is 73.9. The van der Waals surface area contributed by atoms with Gasteiger partial charge in [-0.1, -0.05) is 61.2 Å². The van der Waals surface area contributed by atoms with Crippen LogP contribution in [0.25, 0.3) is 0 Å². The third-order valence-corrected chi connectivity index (χ3v) is 16.6. The Morgan fingerprint density at radius 2 is 0.880 bits per heavy atom. The maximum Gasteiger partial charge on any atom is 0.326 e. The van der Waals surface area contributed by atoms with E-state index in [0.29, 0.717) is 89.4 Å². The van der Waals surface area contributed by atoms with Crippen LogP contribution in [0.4, 0.5) is 10.5 Å². The molecule has 100 heavy (non-hydrogen) atoms. The molecular formula is C66H100N12O21S. The van der Waals surface area contributed by atoms with Crippen molar-refractivity contribution in [3.63, 3.8) is 0 Å². The summed E-state index contributed by atoms with van der Waals surface area (Å²) in [5, 5.41) is 98.3. The van der Waals surface area contributed by atoms with Gasteiger partial charge >= 0.3 is 53.8 Å². The number of unbranched alkanes of at least 4 members (excludes halogenated alkanes) is 6.